The number of benzene rings is 1. The number of anilines is 2. The van der Waals surface area contributed by atoms with E-state index in [0.29, 0.717) is 5.95 Å². The number of carbonyl (C=O) groups is 3. The highest BCUT2D eigenvalue weighted by Crippen LogP contribution is 2.11. The fraction of sp³-hybridized carbons (Fsp3) is 0.188. The van der Waals surface area contributed by atoms with E-state index in [1.165, 1.54) is 12.4 Å². The van der Waals surface area contributed by atoms with Crippen LogP contribution in [0.15, 0.2) is 42.7 Å². The highest BCUT2D eigenvalue weighted by molar-refractivity contribution is 5.97. The molecule has 0 fully saturated rings. The van der Waals surface area contributed by atoms with E-state index in [4.69, 9.17) is 11.5 Å². The Morgan fingerprint density at radius 2 is 1.68 bits per heavy atom. The number of hydrogen-bond acceptors (Lipinski definition) is 6. The number of amides is 3. The second-order valence-corrected chi connectivity index (χ2v) is 5.22. The van der Waals surface area contributed by atoms with Gasteiger partial charge in [-0.25, -0.2) is 9.97 Å². The molecule has 0 spiro atoms. The summed E-state index contributed by atoms with van der Waals surface area (Å²) in [7, 11) is 0. The number of nitrogens with two attached hydrogens (primary N) is 2. The number of aromatic nitrogens is 2. The molecule has 0 radical (unpaired) electrons. The Labute approximate surface area is 143 Å². The quantitative estimate of drug-likeness (QED) is 0.532. The third-order valence-corrected chi connectivity index (χ3v) is 3.27. The molecule has 0 saturated carbocycles. The van der Waals surface area contributed by atoms with Gasteiger partial charge in [-0.05, 0) is 18.6 Å². The van der Waals surface area contributed by atoms with Crippen LogP contribution in [0.3, 0.4) is 0 Å². The zero-order valence-electron chi connectivity index (χ0n) is 13.3. The molecule has 6 N–H and O–H groups in total. The van der Waals surface area contributed by atoms with E-state index in [1.807, 2.05) is 30.3 Å². The van der Waals surface area contributed by atoms with Gasteiger partial charge in [-0.2, -0.15) is 0 Å². The zero-order valence-corrected chi connectivity index (χ0v) is 13.3. The van der Waals surface area contributed by atoms with Crippen LogP contribution in [0, 0.1) is 0 Å². The van der Waals surface area contributed by atoms with Crippen molar-refractivity contribution in [3.8, 4) is 0 Å². The van der Waals surface area contributed by atoms with E-state index < -0.39 is 23.8 Å². The van der Waals surface area contributed by atoms with Crippen LogP contribution in [0.4, 0.5) is 11.6 Å². The number of primary amides is 2. The fourth-order valence-electron chi connectivity index (χ4n) is 1.97. The molecular weight excluding hydrogens is 324 g/mol. The van der Waals surface area contributed by atoms with Crippen LogP contribution in [-0.4, -0.2) is 33.7 Å². The Hall–Kier alpha value is -3.49. The van der Waals surface area contributed by atoms with Gasteiger partial charge in [0.15, 0.2) is 0 Å². The highest BCUT2D eigenvalue weighted by atomic mass is 16.2. The summed E-state index contributed by atoms with van der Waals surface area (Å²) >= 11 is 0. The summed E-state index contributed by atoms with van der Waals surface area (Å²) in [6.07, 6.45) is 2.61. The molecule has 1 aromatic heterocycles. The first-order valence-electron chi connectivity index (χ1n) is 7.48. The van der Waals surface area contributed by atoms with E-state index in [1.54, 1.807) is 0 Å². The van der Waals surface area contributed by atoms with Crippen molar-refractivity contribution < 1.29 is 14.4 Å². The largest absolute Gasteiger partial charge is 0.370 e. The summed E-state index contributed by atoms with van der Waals surface area (Å²) < 4.78 is 0. The lowest BCUT2D eigenvalue weighted by Gasteiger charge is -2.14. The number of nitrogens with zero attached hydrogens (tertiary/aromatic N) is 2. The normalized spacial score (nSPS) is 11.4. The molecule has 0 aliphatic rings. The third-order valence-electron chi connectivity index (χ3n) is 3.27. The van der Waals surface area contributed by atoms with Gasteiger partial charge in [0.1, 0.15) is 6.04 Å². The summed E-state index contributed by atoms with van der Waals surface area (Å²) in [4.78, 5) is 42.4. The van der Waals surface area contributed by atoms with Crippen molar-refractivity contribution in [2.24, 2.45) is 11.5 Å². The van der Waals surface area contributed by atoms with E-state index in [0.717, 1.165) is 5.69 Å². The number of rotatable bonds is 8. The van der Waals surface area contributed by atoms with Crippen molar-refractivity contribution in [2.75, 3.05) is 5.32 Å². The predicted octanol–water partition coefficient (Wildman–Crippen LogP) is 0.0694. The van der Waals surface area contributed by atoms with Crippen LogP contribution in [0.1, 0.15) is 23.2 Å². The van der Waals surface area contributed by atoms with Gasteiger partial charge >= 0.3 is 0 Å². The minimum Gasteiger partial charge on any atom is -0.370 e. The zero-order chi connectivity index (χ0) is 18.2. The van der Waals surface area contributed by atoms with Crippen LogP contribution >= 0.6 is 0 Å². The summed E-state index contributed by atoms with van der Waals surface area (Å²) in [6.45, 7) is 0. The molecule has 9 heteroatoms. The monoisotopic (exact) mass is 342 g/mol. The molecule has 1 atom stereocenters. The summed E-state index contributed by atoms with van der Waals surface area (Å²) in [6, 6.07) is 8.30. The fourth-order valence-corrected chi connectivity index (χ4v) is 1.97. The van der Waals surface area contributed by atoms with Gasteiger partial charge in [-0.15, -0.1) is 0 Å². The Morgan fingerprint density at radius 3 is 2.24 bits per heavy atom. The second-order valence-electron chi connectivity index (χ2n) is 5.22. The highest BCUT2D eigenvalue weighted by Gasteiger charge is 2.20. The van der Waals surface area contributed by atoms with Crippen LogP contribution in [0.5, 0.6) is 0 Å². The summed E-state index contributed by atoms with van der Waals surface area (Å²) in [5.41, 5.74) is 11.2. The minimum atomic E-state index is -0.998. The number of nitrogens with one attached hydrogen (secondary N) is 2. The van der Waals surface area contributed by atoms with E-state index in [-0.39, 0.29) is 18.4 Å². The van der Waals surface area contributed by atoms with Gasteiger partial charge in [0.05, 0.1) is 5.56 Å². The van der Waals surface area contributed by atoms with Crippen molar-refractivity contribution in [1.82, 2.24) is 15.3 Å². The SMILES string of the molecule is NC(=O)CC[C@@H](NC(=O)c1cnc(Nc2ccccc2)nc1)C(N)=O. The molecule has 0 aliphatic heterocycles. The Kier molecular flexibility index (Phi) is 5.99. The van der Waals surface area contributed by atoms with Crippen LogP contribution in [0.2, 0.25) is 0 Å². The van der Waals surface area contributed by atoms with Crippen LogP contribution < -0.4 is 22.1 Å². The Balaban J connectivity index is 1.99. The lowest BCUT2D eigenvalue weighted by atomic mass is 10.1. The van der Waals surface area contributed by atoms with Crippen LogP contribution in [0.25, 0.3) is 0 Å². The van der Waals surface area contributed by atoms with Gasteiger partial charge in [0.25, 0.3) is 5.91 Å². The average molecular weight is 342 g/mol. The number of hydrogen-bond donors (Lipinski definition) is 4. The summed E-state index contributed by atoms with van der Waals surface area (Å²) in [5.74, 6) is -1.58. The van der Waals surface area contributed by atoms with E-state index in [9.17, 15) is 14.4 Å². The summed E-state index contributed by atoms with van der Waals surface area (Å²) in [5, 5.41) is 5.42. The first kappa shape index (κ1) is 17.9. The second kappa shape index (κ2) is 8.39. The molecule has 3 amide bonds. The molecule has 0 bridgehead atoms. The number of para-hydroxylation sites is 1. The molecule has 2 rings (SSSR count). The molecule has 1 aromatic carbocycles. The van der Waals surface area contributed by atoms with Gasteiger partial charge in [-0.1, -0.05) is 18.2 Å². The lowest BCUT2D eigenvalue weighted by molar-refractivity contribution is -0.120. The van der Waals surface area contributed by atoms with Crippen molar-refractivity contribution >= 4 is 29.4 Å². The Bertz CT molecular complexity index is 748. The predicted molar refractivity (Wildman–Crippen MR) is 90.6 cm³/mol. The van der Waals surface area contributed by atoms with Gasteiger partial charge < -0.3 is 22.1 Å². The average Bonchev–Trinajstić information content (AvgIpc) is 2.59. The van der Waals surface area contributed by atoms with Crippen molar-refractivity contribution in [3.05, 3.63) is 48.3 Å². The maximum absolute atomic E-state index is 12.1. The van der Waals surface area contributed by atoms with Gasteiger partial charge in [0.2, 0.25) is 17.8 Å². The smallest absolute Gasteiger partial charge is 0.255 e. The van der Waals surface area contributed by atoms with E-state index in [2.05, 4.69) is 20.6 Å². The molecule has 1 heterocycles. The van der Waals surface area contributed by atoms with Gasteiger partial charge in [0, 0.05) is 24.5 Å². The molecule has 2 aromatic rings. The third kappa shape index (κ3) is 5.57. The molecule has 0 unspecified atom stereocenters. The topological polar surface area (TPSA) is 153 Å². The van der Waals surface area contributed by atoms with E-state index >= 15 is 0 Å². The minimum absolute atomic E-state index is 0.0326. The molecule has 0 aliphatic carbocycles. The van der Waals surface area contributed by atoms with Crippen LogP contribution in [-0.2, 0) is 9.59 Å². The van der Waals surface area contributed by atoms with Crippen molar-refractivity contribution in [2.45, 2.75) is 18.9 Å². The molecular formula is C16H18N6O3. The molecule has 130 valence electrons. The maximum atomic E-state index is 12.1. The molecule has 0 saturated heterocycles. The van der Waals surface area contributed by atoms with Crippen molar-refractivity contribution in [3.63, 3.8) is 0 Å². The number of carbonyl (C=O) groups excluding carboxylic acids is 3. The van der Waals surface area contributed by atoms with Crippen molar-refractivity contribution in [1.29, 1.82) is 0 Å². The van der Waals surface area contributed by atoms with Gasteiger partial charge in [-0.3, -0.25) is 14.4 Å². The standard InChI is InChI=1S/C16H18N6O3/c17-13(23)7-6-12(14(18)24)22-15(25)10-8-19-16(20-9-10)21-11-4-2-1-3-5-11/h1-5,8-9,12H,6-7H2,(H2,17,23)(H2,18,24)(H,22,25)(H,19,20,21)/t12-/m1/s1. The lowest BCUT2D eigenvalue weighted by Crippen LogP contribution is -2.45. The first-order valence-corrected chi connectivity index (χ1v) is 7.48. The Morgan fingerprint density at radius 1 is 1.04 bits per heavy atom. The molecule has 25 heavy (non-hydrogen) atoms. The molecule has 9 nitrogen and oxygen atoms in total. The maximum Gasteiger partial charge on any atom is 0.255 e. The first-order chi connectivity index (χ1) is 12.0.